The second-order valence-electron chi connectivity index (χ2n) is 4.55. The van der Waals surface area contributed by atoms with E-state index in [1.54, 1.807) is 4.90 Å². The van der Waals surface area contributed by atoms with E-state index < -0.39 is 17.6 Å². The van der Waals surface area contributed by atoms with Gasteiger partial charge < -0.3 is 15.0 Å². The number of benzene rings is 1. The smallest absolute Gasteiger partial charge is 0.378 e. The van der Waals surface area contributed by atoms with Crippen molar-refractivity contribution in [2.24, 2.45) is 0 Å². The third kappa shape index (κ3) is 4.08. The van der Waals surface area contributed by atoms with Gasteiger partial charge in [0.15, 0.2) is 4.99 Å². The molecule has 0 bridgehead atoms. The number of nitrogens with one attached hydrogen (secondary N) is 1. The first-order valence-corrected chi connectivity index (χ1v) is 7.12. The van der Waals surface area contributed by atoms with Gasteiger partial charge in [0, 0.05) is 18.1 Å². The van der Waals surface area contributed by atoms with Crippen LogP contribution in [0.5, 0.6) is 0 Å². The highest BCUT2D eigenvalue weighted by Gasteiger charge is 2.34. The Morgan fingerprint density at radius 2 is 1.95 bits per heavy atom. The number of hydrogen-bond donors (Lipinski definition) is 1. The number of nitrogens with zero attached hydrogens (tertiary/aromatic N) is 1. The van der Waals surface area contributed by atoms with Crippen molar-refractivity contribution in [3.63, 3.8) is 0 Å². The summed E-state index contributed by atoms with van der Waals surface area (Å²) in [5.41, 5.74) is -1.39. The van der Waals surface area contributed by atoms with Gasteiger partial charge in [0.05, 0.1) is 24.5 Å². The van der Waals surface area contributed by atoms with Crippen molar-refractivity contribution in [3.05, 3.63) is 28.8 Å². The van der Waals surface area contributed by atoms with Crippen molar-refractivity contribution < 1.29 is 22.7 Å². The fraction of sp³-hybridized carbons (Fsp3) is 0.385. The Hall–Kier alpha value is -1.38. The van der Waals surface area contributed by atoms with Gasteiger partial charge in [-0.25, -0.2) is 0 Å². The number of thiocarbonyl (C=S) groups is 1. The van der Waals surface area contributed by atoms with Crippen molar-refractivity contribution in [2.75, 3.05) is 31.6 Å². The van der Waals surface area contributed by atoms with Crippen molar-refractivity contribution in [3.8, 4) is 0 Å². The zero-order valence-corrected chi connectivity index (χ0v) is 12.8. The number of amides is 1. The molecule has 1 aromatic carbocycles. The summed E-state index contributed by atoms with van der Waals surface area (Å²) >= 11 is 10.6. The van der Waals surface area contributed by atoms with Crippen LogP contribution in [0.25, 0.3) is 0 Å². The molecule has 0 unspecified atom stereocenters. The predicted molar refractivity (Wildman–Crippen MR) is 80.1 cm³/mol. The quantitative estimate of drug-likeness (QED) is 0.789. The molecule has 0 aliphatic carbocycles. The Morgan fingerprint density at radius 1 is 1.32 bits per heavy atom. The molecule has 1 amide bonds. The summed E-state index contributed by atoms with van der Waals surface area (Å²) in [4.78, 5) is 13.6. The first-order chi connectivity index (χ1) is 10.3. The third-order valence-corrected chi connectivity index (χ3v) is 3.71. The molecule has 2 rings (SSSR count). The third-order valence-electron chi connectivity index (χ3n) is 3.03. The minimum Gasteiger partial charge on any atom is -0.378 e. The summed E-state index contributed by atoms with van der Waals surface area (Å²) < 4.78 is 44.0. The molecule has 1 aliphatic heterocycles. The second-order valence-corrected chi connectivity index (χ2v) is 5.37. The van der Waals surface area contributed by atoms with Crippen molar-refractivity contribution in [1.29, 1.82) is 0 Å². The number of anilines is 1. The number of carbonyl (C=O) groups excluding carboxylic acids is 1. The molecule has 1 N–H and O–H groups in total. The minimum absolute atomic E-state index is 0.0635. The largest absolute Gasteiger partial charge is 0.418 e. The standard InChI is InChI=1S/C13H12ClF3N2O2S/c14-8-1-2-10(9(7-8)13(15,16)17)18-11(20)12(22)19-3-5-21-6-4-19/h1-2,7H,3-6H2,(H,18,20). The zero-order valence-electron chi connectivity index (χ0n) is 11.2. The van der Waals surface area contributed by atoms with Gasteiger partial charge in [-0.2, -0.15) is 13.2 Å². The van der Waals surface area contributed by atoms with Gasteiger partial charge in [0.1, 0.15) is 0 Å². The highest BCUT2D eigenvalue weighted by atomic mass is 35.5. The van der Waals surface area contributed by atoms with Gasteiger partial charge in [-0.15, -0.1) is 0 Å². The number of halogens is 4. The first-order valence-electron chi connectivity index (χ1n) is 6.34. The minimum atomic E-state index is -4.63. The molecule has 1 fully saturated rings. The molecule has 120 valence electrons. The molecule has 0 spiro atoms. The van der Waals surface area contributed by atoms with Crippen LogP contribution in [0.2, 0.25) is 5.02 Å². The Balaban J connectivity index is 2.16. The normalized spacial score (nSPS) is 15.5. The highest BCUT2D eigenvalue weighted by Crippen LogP contribution is 2.36. The fourth-order valence-corrected chi connectivity index (χ4v) is 2.35. The van der Waals surface area contributed by atoms with E-state index in [-0.39, 0.29) is 15.7 Å². The fourth-order valence-electron chi connectivity index (χ4n) is 1.95. The van der Waals surface area contributed by atoms with Crippen LogP contribution in [-0.2, 0) is 15.7 Å². The van der Waals surface area contributed by atoms with Crippen LogP contribution >= 0.6 is 23.8 Å². The van der Waals surface area contributed by atoms with Crippen LogP contribution in [-0.4, -0.2) is 42.1 Å². The van der Waals surface area contributed by atoms with Gasteiger partial charge in [-0.3, -0.25) is 4.79 Å². The van der Waals surface area contributed by atoms with Crippen LogP contribution in [0.3, 0.4) is 0 Å². The Kier molecular flexibility index (Phi) is 5.25. The monoisotopic (exact) mass is 352 g/mol. The van der Waals surface area contributed by atoms with Crippen LogP contribution in [0.4, 0.5) is 18.9 Å². The number of morpholine rings is 1. The molecule has 0 atom stereocenters. The van der Waals surface area contributed by atoms with Gasteiger partial charge in [0.2, 0.25) is 0 Å². The van der Waals surface area contributed by atoms with Crippen molar-refractivity contribution in [1.82, 2.24) is 4.90 Å². The number of carbonyl (C=O) groups is 1. The summed E-state index contributed by atoms with van der Waals surface area (Å²) in [6.45, 7) is 1.70. The van der Waals surface area contributed by atoms with E-state index in [1.165, 1.54) is 6.07 Å². The molecule has 1 saturated heterocycles. The maximum absolute atomic E-state index is 13.0. The molecule has 0 radical (unpaired) electrons. The molecular formula is C13H12ClF3N2O2S. The van der Waals surface area contributed by atoms with Gasteiger partial charge >= 0.3 is 6.18 Å². The summed E-state index contributed by atoms with van der Waals surface area (Å²) in [6.07, 6.45) is -4.63. The average Bonchev–Trinajstić information content (AvgIpc) is 2.48. The van der Waals surface area contributed by atoms with Gasteiger partial charge in [-0.05, 0) is 18.2 Å². The maximum atomic E-state index is 13.0. The van der Waals surface area contributed by atoms with E-state index in [1.807, 2.05) is 0 Å². The number of hydrogen-bond acceptors (Lipinski definition) is 3. The maximum Gasteiger partial charge on any atom is 0.418 e. The van der Waals surface area contributed by atoms with E-state index in [0.717, 1.165) is 12.1 Å². The van der Waals surface area contributed by atoms with E-state index >= 15 is 0 Å². The number of alkyl halides is 3. The first kappa shape index (κ1) is 17.0. The molecule has 1 heterocycles. The lowest BCUT2D eigenvalue weighted by Gasteiger charge is -2.28. The van der Waals surface area contributed by atoms with E-state index in [9.17, 15) is 18.0 Å². The predicted octanol–water partition coefficient (Wildman–Crippen LogP) is 2.96. The Bertz CT molecular complexity index is 589. The number of ether oxygens (including phenoxy) is 1. The molecule has 0 aromatic heterocycles. The van der Waals surface area contributed by atoms with Crippen LogP contribution < -0.4 is 5.32 Å². The molecule has 0 saturated carbocycles. The SMILES string of the molecule is O=C(Nc1ccc(Cl)cc1C(F)(F)F)C(=S)N1CCOCC1. The number of rotatable bonds is 1. The van der Waals surface area contributed by atoms with Crippen LogP contribution in [0, 0.1) is 0 Å². The van der Waals surface area contributed by atoms with E-state index in [4.69, 9.17) is 28.6 Å². The molecular weight excluding hydrogens is 341 g/mol. The topological polar surface area (TPSA) is 41.6 Å². The lowest BCUT2D eigenvalue weighted by Crippen LogP contribution is -2.45. The average molecular weight is 353 g/mol. The van der Waals surface area contributed by atoms with Crippen LogP contribution in [0.1, 0.15) is 5.56 Å². The molecule has 1 aromatic rings. The van der Waals surface area contributed by atoms with Gasteiger partial charge in [-0.1, -0.05) is 23.8 Å². The molecule has 9 heteroatoms. The second kappa shape index (κ2) is 6.80. The van der Waals surface area contributed by atoms with Crippen molar-refractivity contribution >= 4 is 40.4 Å². The van der Waals surface area contributed by atoms with Crippen LogP contribution in [0.15, 0.2) is 18.2 Å². The summed E-state index contributed by atoms with van der Waals surface area (Å²) in [5, 5.41) is 2.13. The lowest BCUT2D eigenvalue weighted by atomic mass is 10.1. The zero-order chi connectivity index (χ0) is 16.3. The highest BCUT2D eigenvalue weighted by molar-refractivity contribution is 7.82. The van der Waals surface area contributed by atoms with Gasteiger partial charge in [0.25, 0.3) is 5.91 Å². The molecule has 1 aliphatic rings. The Morgan fingerprint density at radius 3 is 2.55 bits per heavy atom. The van der Waals surface area contributed by atoms with Crippen molar-refractivity contribution in [2.45, 2.75) is 6.18 Å². The van der Waals surface area contributed by atoms with E-state index in [0.29, 0.717) is 26.3 Å². The summed E-state index contributed by atoms with van der Waals surface area (Å²) in [6, 6.07) is 3.13. The molecule has 22 heavy (non-hydrogen) atoms. The lowest BCUT2D eigenvalue weighted by molar-refractivity contribution is -0.136. The summed E-state index contributed by atoms with van der Waals surface area (Å²) in [7, 11) is 0. The Labute approximate surface area is 135 Å². The van der Waals surface area contributed by atoms with E-state index in [2.05, 4.69) is 5.32 Å². The molecule has 4 nitrogen and oxygen atoms in total. The summed E-state index contributed by atoms with van der Waals surface area (Å²) in [5.74, 6) is -0.760.